The van der Waals surface area contributed by atoms with Crippen LogP contribution in [0.1, 0.15) is 40.0 Å². The van der Waals surface area contributed by atoms with Crippen LogP contribution in [0.3, 0.4) is 0 Å². The summed E-state index contributed by atoms with van der Waals surface area (Å²) < 4.78 is 5.25. The van der Waals surface area contributed by atoms with Crippen LogP contribution >= 0.6 is 0 Å². The molecule has 2 N–H and O–H groups in total. The molecule has 0 rings (SSSR count). The van der Waals surface area contributed by atoms with Crippen LogP contribution in [0.25, 0.3) is 0 Å². The highest BCUT2D eigenvalue weighted by molar-refractivity contribution is 5.92. The molecule has 110 valence electrons. The van der Waals surface area contributed by atoms with E-state index in [2.05, 4.69) is 31.1 Å². The molecular weight excluding hydrogens is 244 g/mol. The number of rotatable bonds is 10. The van der Waals surface area contributed by atoms with Crippen LogP contribution in [0.5, 0.6) is 0 Å². The summed E-state index contributed by atoms with van der Waals surface area (Å²) in [5.74, 6) is 0.315. The topological polar surface area (TPSA) is 67.4 Å². The van der Waals surface area contributed by atoms with Crippen molar-refractivity contribution in [2.75, 3.05) is 19.9 Å². The molecule has 0 saturated carbocycles. The first-order valence-corrected chi connectivity index (χ1v) is 6.71. The van der Waals surface area contributed by atoms with Gasteiger partial charge in [-0.15, -0.1) is 0 Å². The van der Waals surface area contributed by atoms with Crippen LogP contribution in [0.4, 0.5) is 0 Å². The van der Waals surface area contributed by atoms with Gasteiger partial charge < -0.3 is 15.4 Å². The molecule has 5 heteroatoms. The smallest absolute Gasteiger partial charge is 0.246 e. The molecule has 0 aromatic rings. The third-order valence-corrected chi connectivity index (χ3v) is 2.33. The number of hydrogen-bond acceptors (Lipinski definition) is 3. The molecule has 0 heterocycles. The molecule has 0 saturated heterocycles. The van der Waals surface area contributed by atoms with Gasteiger partial charge in [-0.05, 0) is 25.7 Å². The Morgan fingerprint density at radius 1 is 1.21 bits per heavy atom. The molecule has 0 aliphatic carbocycles. The van der Waals surface area contributed by atoms with Crippen LogP contribution in [-0.2, 0) is 14.3 Å². The number of ether oxygens (including phenoxy) is 1. The quantitative estimate of drug-likeness (QED) is 0.360. The summed E-state index contributed by atoms with van der Waals surface area (Å²) in [4.78, 5) is 22.6. The van der Waals surface area contributed by atoms with E-state index in [-0.39, 0.29) is 18.5 Å². The lowest BCUT2D eigenvalue weighted by atomic mass is 10.2. The van der Waals surface area contributed by atoms with Gasteiger partial charge in [-0.3, -0.25) is 9.59 Å². The molecule has 0 spiro atoms. The minimum Gasteiger partial charge on any atom is -0.361 e. The van der Waals surface area contributed by atoms with Gasteiger partial charge in [-0.2, -0.15) is 0 Å². The van der Waals surface area contributed by atoms with E-state index in [1.54, 1.807) is 6.92 Å². The van der Waals surface area contributed by atoms with E-state index in [1.165, 1.54) is 0 Å². The maximum Gasteiger partial charge on any atom is 0.246 e. The molecule has 5 nitrogen and oxygen atoms in total. The van der Waals surface area contributed by atoms with Crippen molar-refractivity contribution in [3.63, 3.8) is 0 Å². The highest BCUT2D eigenvalue weighted by Crippen LogP contribution is 1.95. The minimum absolute atomic E-state index is 0.0185. The summed E-state index contributed by atoms with van der Waals surface area (Å²) in [5.41, 5.74) is 0.500. The fraction of sp³-hybridized carbons (Fsp3) is 0.714. The van der Waals surface area contributed by atoms with Gasteiger partial charge in [0.15, 0.2) is 0 Å². The first-order valence-electron chi connectivity index (χ1n) is 6.71. The molecule has 0 aliphatic rings. The van der Waals surface area contributed by atoms with Crippen LogP contribution in [-0.4, -0.2) is 31.7 Å². The number of amides is 2. The fourth-order valence-electron chi connectivity index (χ4n) is 1.28. The summed E-state index contributed by atoms with van der Waals surface area (Å²) in [7, 11) is 0. The maximum atomic E-state index is 11.4. The summed E-state index contributed by atoms with van der Waals surface area (Å²) in [6, 6.07) is 0. The third kappa shape index (κ3) is 11.5. The van der Waals surface area contributed by atoms with Crippen molar-refractivity contribution in [2.24, 2.45) is 5.92 Å². The van der Waals surface area contributed by atoms with E-state index in [1.807, 2.05) is 0 Å². The molecule has 19 heavy (non-hydrogen) atoms. The van der Waals surface area contributed by atoms with E-state index in [4.69, 9.17) is 4.74 Å². The highest BCUT2D eigenvalue weighted by Gasteiger charge is 2.02. The SMILES string of the molecule is C=C(C)C(=O)NCCCCC(=O)NCOCC(C)C. The molecule has 0 atom stereocenters. The van der Waals surface area contributed by atoms with Crippen LogP contribution in [0.15, 0.2) is 12.2 Å². The molecule has 0 aromatic heterocycles. The monoisotopic (exact) mass is 270 g/mol. The summed E-state index contributed by atoms with van der Waals surface area (Å²) in [6.07, 6.45) is 1.97. The lowest BCUT2D eigenvalue weighted by Crippen LogP contribution is -2.27. The van der Waals surface area contributed by atoms with E-state index in [0.29, 0.717) is 31.1 Å². The van der Waals surface area contributed by atoms with E-state index >= 15 is 0 Å². The zero-order chi connectivity index (χ0) is 14.7. The molecule has 0 bridgehead atoms. The Hall–Kier alpha value is -1.36. The van der Waals surface area contributed by atoms with Gasteiger partial charge in [0, 0.05) is 18.5 Å². The van der Waals surface area contributed by atoms with Crippen molar-refractivity contribution >= 4 is 11.8 Å². The lowest BCUT2D eigenvalue weighted by molar-refractivity contribution is -0.123. The molecule has 0 fully saturated rings. The first kappa shape index (κ1) is 17.6. The number of carbonyl (C=O) groups is 2. The fourth-order valence-corrected chi connectivity index (χ4v) is 1.28. The van der Waals surface area contributed by atoms with Gasteiger partial charge in [0.2, 0.25) is 11.8 Å². The van der Waals surface area contributed by atoms with Crippen molar-refractivity contribution in [3.8, 4) is 0 Å². The van der Waals surface area contributed by atoms with Gasteiger partial charge in [-0.1, -0.05) is 20.4 Å². The Kier molecular flexibility index (Phi) is 9.80. The second kappa shape index (κ2) is 10.6. The standard InChI is InChI=1S/C14H26N2O3/c1-11(2)9-19-10-16-13(17)7-5-6-8-15-14(18)12(3)4/h11H,3,5-10H2,1-2,4H3,(H,15,18)(H,16,17). The number of carbonyl (C=O) groups excluding carboxylic acids is 2. The highest BCUT2D eigenvalue weighted by atomic mass is 16.5. The second-order valence-corrected chi connectivity index (χ2v) is 5.00. The molecule has 0 aliphatic heterocycles. The van der Waals surface area contributed by atoms with Crippen LogP contribution in [0.2, 0.25) is 0 Å². The Bertz CT molecular complexity index is 301. The average Bonchev–Trinajstić information content (AvgIpc) is 2.33. The molecule has 0 unspecified atom stereocenters. The van der Waals surface area contributed by atoms with Crippen LogP contribution < -0.4 is 10.6 Å². The number of hydrogen-bond donors (Lipinski definition) is 2. The van der Waals surface area contributed by atoms with Crippen molar-refractivity contribution in [2.45, 2.75) is 40.0 Å². The minimum atomic E-state index is -0.133. The van der Waals surface area contributed by atoms with E-state index < -0.39 is 0 Å². The Morgan fingerprint density at radius 2 is 1.89 bits per heavy atom. The molecule has 2 amide bonds. The normalized spacial score (nSPS) is 10.3. The van der Waals surface area contributed by atoms with Crippen molar-refractivity contribution < 1.29 is 14.3 Å². The zero-order valence-corrected chi connectivity index (χ0v) is 12.3. The average molecular weight is 270 g/mol. The van der Waals surface area contributed by atoms with Gasteiger partial charge in [0.25, 0.3) is 0 Å². The predicted octanol–water partition coefficient (Wildman–Crippen LogP) is 1.60. The Morgan fingerprint density at radius 3 is 2.47 bits per heavy atom. The third-order valence-electron chi connectivity index (χ3n) is 2.33. The molecule has 0 aromatic carbocycles. The van der Waals surface area contributed by atoms with Gasteiger partial charge in [0.05, 0.1) is 6.61 Å². The van der Waals surface area contributed by atoms with Crippen molar-refractivity contribution in [3.05, 3.63) is 12.2 Å². The van der Waals surface area contributed by atoms with Gasteiger partial charge in [-0.25, -0.2) is 0 Å². The van der Waals surface area contributed by atoms with E-state index in [0.717, 1.165) is 12.8 Å². The van der Waals surface area contributed by atoms with Gasteiger partial charge >= 0.3 is 0 Å². The predicted molar refractivity (Wildman–Crippen MR) is 75.5 cm³/mol. The summed E-state index contributed by atoms with van der Waals surface area (Å²) >= 11 is 0. The first-order chi connectivity index (χ1) is 8.93. The maximum absolute atomic E-state index is 11.4. The molecular formula is C14H26N2O3. The number of unbranched alkanes of at least 4 members (excludes halogenated alkanes) is 1. The van der Waals surface area contributed by atoms with Crippen LogP contribution in [0, 0.1) is 5.92 Å². The Balaban J connectivity index is 3.39. The summed E-state index contributed by atoms with van der Waals surface area (Å²) in [6.45, 7) is 10.8. The number of nitrogens with one attached hydrogen (secondary N) is 2. The van der Waals surface area contributed by atoms with Crippen molar-refractivity contribution in [1.29, 1.82) is 0 Å². The largest absolute Gasteiger partial charge is 0.361 e. The Labute approximate surface area is 115 Å². The summed E-state index contributed by atoms with van der Waals surface area (Å²) in [5, 5.41) is 5.42. The van der Waals surface area contributed by atoms with E-state index in [9.17, 15) is 9.59 Å². The second-order valence-electron chi connectivity index (χ2n) is 5.00. The van der Waals surface area contributed by atoms with Gasteiger partial charge in [0.1, 0.15) is 6.73 Å². The van der Waals surface area contributed by atoms with Crippen molar-refractivity contribution in [1.82, 2.24) is 10.6 Å². The lowest BCUT2D eigenvalue weighted by Gasteiger charge is -2.08. The molecule has 0 radical (unpaired) electrons. The zero-order valence-electron chi connectivity index (χ0n) is 12.3.